The Balaban J connectivity index is 1.60. The average Bonchev–Trinajstić information content (AvgIpc) is 2.96. The Hall–Kier alpha value is -4.18. The first-order valence-electron chi connectivity index (χ1n) is 11.9. The number of carbonyl (C=O) groups excluding carboxylic acids is 1. The minimum absolute atomic E-state index is 0.0406. The van der Waals surface area contributed by atoms with Crippen LogP contribution in [0, 0.1) is 0 Å². The van der Waals surface area contributed by atoms with E-state index in [2.05, 4.69) is 10.5 Å². The normalized spacial score (nSPS) is 11.8. The first-order chi connectivity index (χ1) is 18.8. The summed E-state index contributed by atoms with van der Waals surface area (Å²) >= 11 is 6.38. The van der Waals surface area contributed by atoms with Gasteiger partial charge in [0.15, 0.2) is 11.4 Å². The summed E-state index contributed by atoms with van der Waals surface area (Å²) in [7, 11) is -4.17. The Labute approximate surface area is 231 Å². The molecule has 4 aromatic carbocycles. The van der Waals surface area contributed by atoms with E-state index < -0.39 is 21.6 Å². The molecule has 4 aromatic rings. The molecule has 0 aliphatic heterocycles. The van der Waals surface area contributed by atoms with E-state index in [1.165, 1.54) is 30.5 Å². The van der Waals surface area contributed by atoms with E-state index in [-0.39, 0.29) is 28.0 Å². The fourth-order valence-corrected chi connectivity index (χ4v) is 5.07. The Morgan fingerprint density at radius 1 is 0.949 bits per heavy atom. The largest absolute Gasteiger partial charge is 0.490 e. The van der Waals surface area contributed by atoms with Crippen molar-refractivity contribution in [2.75, 3.05) is 6.61 Å². The zero-order valence-electron chi connectivity index (χ0n) is 20.8. The van der Waals surface area contributed by atoms with Crippen LogP contribution in [0.4, 0.5) is 0 Å². The molecule has 10 heteroatoms. The van der Waals surface area contributed by atoms with Crippen LogP contribution in [-0.4, -0.2) is 32.3 Å². The molecule has 0 saturated heterocycles. The highest BCUT2D eigenvalue weighted by Crippen LogP contribution is 2.38. The maximum atomic E-state index is 13.2. The van der Waals surface area contributed by atoms with Crippen LogP contribution >= 0.6 is 11.6 Å². The number of carbonyl (C=O) groups is 1. The first kappa shape index (κ1) is 27.8. The number of ether oxygens (including phenoxy) is 1. The number of rotatable bonds is 10. The number of nitrogens with zero attached hydrogens (tertiary/aromatic N) is 1. The van der Waals surface area contributed by atoms with E-state index in [1.54, 1.807) is 85.8 Å². The molecule has 0 unspecified atom stereocenters. The van der Waals surface area contributed by atoms with Gasteiger partial charge >= 0.3 is 10.1 Å². The van der Waals surface area contributed by atoms with Crippen LogP contribution in [0.25, 0.3) is 0 Å². The number of aliphatic hydroxyl groups is 1. The van der Waals surface area contributed by atoms with Crippen molar-refractivity contribution in [1.29, 1.82) is 0 Å². The van der Waals surface area contributed by atoms with Gasteiger partial charge in [-0.2, -0.15) is 13.5 Å². The molecule has 0 heterocycles. The van der Waals surface area contributed by atoms with Gasteiger partial charge in [0.1, 0.15) is 4.90 Å². The molecule has 0 bridgehead atoms. The lowest BCUT2D eigenvalue weighted by molar-refractivity contribution is -0.136. The van der Waals surface area contributed by atoms with E-state index in [1.807, 2.05) is 0 Å². The highest BCUT2D eigenvalue weighted by atomic mass is 35.5. The van der Waals surface area contributed by atoms with Crippen molar-refractivity contribution in [1.82, 2.24) is 5.43 Å². The van der Waals surface area contributed by atoms with Crippen LogP contribution in [0.2, 0.25) is 5.02 Å². The Morgan fingerprint density at radius 3 is 2.03 bits per heavy atom. The summed E-state index contributed by atoms with van der Waals surface area (Å²) in [4.78, 5) is 13.2. The first-order valence-corrected chi connectivity index (χ1v) is 13.7. The molecule has 4 rings (SSSR count). The zero-order valence-corrected chi connectivity index (χ0v) is 22.4. The van der Waals surface area contributed by atoms with Crippen molar-refractivity contribution >= 4 is 33.8 Å². The zero-order chi connectivity index (χ0) is 27.9. The third kappa shape index (κ3) is 6.28. The molecule has 0 aliphatic carbocycles. The average molecular weight is 565 g/mol. The highest BCUT2D eigenvalue weighted by molar-refractivity contribution is 7.87. The van der Waals surface area contributed by atoms with Gasteiger partial charge in [0, 0.05) is 0 Å². The van der Waals surface area contributed by atoms with Gasteiger partial charge in [-0.05, 0) is 47.9 Å². The van der Waals surface area contributed by atoms with Crippen LogP contribution in [0.5, 0.6) is 11.5 Å². The van der Waals surface area contributed by atoms with Gasteiger partial charge in [-0.25, -0.2) is 5.43 Å². The molecule has 0 saturated carbocycles. The molecule has 0 aliphatic rings. The topological polar surface area (TPSA) is 114 Å². The molecule has 0 radical (unpaired) electrons. The van der Waals surface area contributed by atoms with Crippen molar-refractivity contribution in [3.63, 3.8) is 0 Å². The van der Waals surface area contributed by atoms with E-state index in [0.29, 0.717) is 16.7 Å². The Kier molecular flexibility index (Phi) is 8.65. The summed E-state index contributed by atoms with van der Waals surface area (Å²) in [6.45, 7) is 1.93. The van der Waals surface area contributed by atoms with Gasteiger partial charge in [-0.1, -0.05) is 90.5 Å². The van der Waals surface area contributed by atoms with E-state index in [9.17, 15) is 18.3 Å². The number of amides is 1. The number of hydrogen-bond donors (Lipinski definition) is 2. The van der Waals surface area contributed by atoms with Gasteiger partial charge in [-0.3, -0.25) is 4.79 Å². The van der Waals surface area contributed by atoms with Crippen molar-refractivity contribution in [3.8, 4) is 11.5 Å². The second kappa shape index (κ2) is 12.1. The molecule has 1 amide bonds. The number of hydrogen-bond acceptors (Lipinski definition) is 7. The lowest BCUT2D eigenvalue weighted by Crippen LogP contribution is -2.43. The molecule has 39 heavy (non-hydrogen) atoms. The van der Waals surface area contributed by atoms with Crippen LogP contribution in [0.15, 0.2) is 113 Å². The second-order valence-electron chi connectivity index (χ2n) is 8.26. The molecular weight excluding hydrogens is 540 g/mol. The number of nitrogens with one attached hydrogen (secondary N) is 1. The van der Waals surface area contributed by atoms with Gasteiger partial charge in [0.25, 0.3) is 5.91 Å². The SMILES string of the molecule is CCOc1cc(/C=N\NC(=O)C(O)(c2ccccc2)c2ccccc2)cc(Cl)c1OS(=O)(=O)c1ccccc1. The van der Waals surface area contributed by atoms with Gasteiger partial charge < -0.3 is 14.0 Å². The third-order valence-corrected chi connectivity index (χ3v) is 7.16. The van der Waals surface area contributed by atoms with E-state index in [0.717, 1.165) is 0 Å². The molecular formula is C29H25ClN2O6S. The molecule has 0 atom stereocenters. The fourth-order valence-electron chi connectivity index (χ4n) is 3.79. The van der Waals surface area contributed by atoms with Crippen LogP contribution in [0.3, 0.4) is 0 Å². The predicted octanol–water partition coefficient (Wildman–Crippen LogP) is 4.89. The Bertz CT molecular complexity index is 1520. The molecule has 0 fully saturated rings. The van der Waals surface area contributed by atoms with Gasteiger partial charge in [0.2, 0.25) is 5.75 Å². The van der Waals surface area contributed by atoms with Crippen molar-refractivity contribution in [2.45, 2.75) is 17.4 Å². The highest BCUT2D eigenvalue weighted by Gasteiger charge is 2.39. The molecule has 200 valence electrons. The number of hydrazone groups is 1. The molecule has 8 nitrogen and oxygen atoms in total. The predicted molar refractivity (Wildman–Crippen MR) is 148 cm³/mol. The monoisotopic (exact) mass is 564 g/mol. The molecule has 2 N–H and O–H groups in total. The van der Waals surface area contributed by atoms with E-state index in [4.69, 9.17) is 20.5 Å². The summed E-state index contributed by atoms with van der Waals surface area (Å²) in [6.07, 6.45) is 1.29. The summed E-state index contributed by atoms with van der Waals surface area (Å²) in [5.74, 6) is -0.880. The van der Waals surface area contributed by atoms with Crippen LogP contribution in [-0.2, 0) is 20.5 Å². The van der Waals surface area contributed by atoms with Crippen LogP contribution < -0.4 is 14.3 Å². The lowest BCUT2D eigenvalue weighted by atomic mass is 9.85. The summed E-state index contributed by atoms with van der Waals surface area (Å²) in [5, 5.41) is 15.5. The molecule has 0 aromatic heterocycles. The maximum absolute atomic E-state index is 13.2. The Morgan fingerprint density at radius 2 is 1.49 bits per heavy atom. The lowest BCUT2D eigenvalue weighted by Gasteiger charge is -2.27. The summed E-state index contributed by atoms with van der Waals surface area (Å²) in [5.41, 5.74) is 1.50. The number of benzene rings is 4. The van der Waals surface area contributed by atoms with Crippen LogP contribution in [0.1, 0.15) is 23.6 Å². The fraction of sp³-hybridized carbons (Fsp3) is 0.103. The minimum atomic E-state index is -4.17. The molecule has 0 spiro atoms. The number of halogens is 1. The standard InChI is InChI=1S/C29H25ClN2O6S/c1-2-37-26-19-21(18-25(30)27(26)38-39(35,36)24-16-10-5-11-17-24)20-31-32-28(33)29(34,22-12-6-3-7-13-22)23-14-8-4-9-15-23/h3-20,34H,2H2,1H3,(H,32,33)/b31-20-. The van der Waals surface area contributed by atoms with Crippen molar-refractivity contribution < 1.29 is 27.2 Å². The summed E-state index contributed by atoms with van der Waals surface area (Å²) < 4.78 is 36.4. The van der Waals surface area contributed by atoms with Crippen molar-refractivity contribution in [2.24, 2.45) is 5.10 Å². The third-order valence-electron chi connectivity index (χ3n) is 5.65. The maximum Gasteiger partial charge on any atom is 0.339 e. The quantitative estimate of drug-likeness (QED) is 0.161. The van der Waals surface area contributed by atoms with E-state index >= 15 is 0 Å². The van der Waals surface area contributed by atoms with Gasteiger partial charge in [0.05, 0.1) is 17.8 Å². The second-order valence-corrected chi connectivity index (χ2v) is 10.2. The minimum Gasteiger partial charge on any atom is -0.490 e. The van der Waals surface area contributed by atoms with Crippen molar-refractivity contribution in [3.05, 3.63) is 125 Å². The van der Waals surface area contributed by atoms with Gasteiger partial charge in [-0.15, -0.1) is 0 Å². The summed E-state index contributed by atoms with van der Waals surface area (Å²) in [6, 6.07) is 27.6. The smallest absolute Gasteiger partial charge is 0.339 e.